The highest BCUT2D eigenvalue weighted by Crippen LogP contribution is 2.36. The lowest BCUT2D eigenvalue weighted by Crippen LogP contribution is -2.30. The van der Waals surface area contributed by atoms with Crippen LogP contribution in [0.5, 0.6) is 0 Å². The molecule has 0 bridgehead atoms. The van der Waals surface area contributed by atoms with Gasteiger partial charge in [0.1, 0.15) is 5.25 Å². The number of anilines is 1. The van der Waals surface area contributed by atoms with Gasteiger partial charge in [-0.3, -0.25) is 9.59 Å². The molecule has 0 aliphatic heterocycles. The fraction of sp³-hybridized carbons (Fsp3) is 0.167. The molecule has 0 saturated heterocycles. The number of carbonyl (C=O) groups is 2. The summed E-state index contributed by atoms with van der Waals surface area (Å²) in [6, 6.07) is 26.6. The van der Waals surface area contributed by atoms with Gasteiger partial charge in [0.05, 0.1) is 0 Å². The second kappa shape index (κ2) is 9.94. The number of carbonyl (C=O) groups excluding carboxylic acids is 2. The van der Waals surface area contributed by atoms with E-state index in [2.05, 4.69) is 10.6 Å². The van der Waals surface area contributed by atoms with E-state index in [1.54, 1.807) is 24.3 Å². The maximum Gasteiger partial charge on any atom is 0.251 e. The van der Waals surface area contributed by atoms with Crippen molar-refractivity contribution in [2.45, 2.75) is 30.0 Å². The Bertz CT molecular complexity index is 942. The molecule has 1 atom stereocenters. The standard InChI is InChI=1S/C24H24N2O2S/c1-17(2)25-23(27)19-13-15-20(16-14-19)26-24(28)22(18-9-5-3-6-10-18)29-21-11-7-4-8-12-21/h3-17,22H,1-2H3,(H,25,27)(H,26,28). The number of nitrogens with one attached hydrogen (secondary N) is 2. The highest BCUT2D eigenvalue weighted by molar-refractivity contribution is 8.00. The van der Waals surface area contributed by atoms with E-state index in [1.165, 1.54) is 11.8 Å². The third-order valence-electron chi connectivity index (χ3n) is 4.17. The van der Waals surface area contributed by atoms with E-state index < -0.39 is 0 Å². The number of benzene rings is 3. The fourth-order valence-electron chi connectivity index (χ4n) is 2.79. The minimum absolute atomic E-state index is 0.0727. The Hall–Kier alpha value is -3.05. The van der Waals surface area contributed by atoms with Gasteiger partial charge in [0.15, 0.2) is 0 Å². The van der Waals surface area contributed by atoms with Crippen LogP contribution in [-0.2, 0) is 4.79 Å². The Balaban J connectivity index is 1.75. The maximum atomic E-state index is 13.1. The van der Waals surface area contributed by atoms with Gasteiger partial charge in [0.2, 0.25) is 5.91 Å². The molecule has 0 saturated carbocycles. The molecule has 29 heavy (non-hydrogen) atoms. The summed E-state index contributed by atoms with van der Waals surface area (Å²) in [6.45, 7) is 3.83. The lowest BCUT2D eigenvalue weighted by atomic mass is 10.1. The van der Waals surface area contributed by atoms with Crippen molar-refractivity contribution in [2.75, 3.05) is 5.32 Å². The minimum Gasteiger partial charge on any atom is -0.350 e. The molecule has 4 nitrogen and oxygen atoms in total. The zero-order valence-electron chi connectivity index (χ0n) is 16.5. The van der Waals surface area contributed by atoms with Gasteiger partial charge < -0.3 is 10.6 Å². The molecule has 3 aromatic carbocycles. The van der Waals surface area contributed by atoms with E-state index in [4.69, 9.17) is 0 Å². The fourth-order valence-corrected chi connectivity index (χ4v) is 3.84. The van der Waals surface area contributed by atoms with Crippen molar-refractivity contribution in [3.63, 3.8) is 0 Å². The molecule has 3 rings (SSSR count). The van der Waals surface area contributed by atoms with Crippen LogP contribution in [0.25, 0.3) is 0 Å². The van der Waals surface area contributed by atoms with Crippen molar-refractivity contribution in [1.29, 1.82) is 0 Å². The van der Waals surface area contributed by atoms with Crippen molar-refractivity contribution in [2.24, 2.45) is 0 Å². The summed E-state index contributed by atoms with van der Waals surface area (Å²) >= 11 is 1.51. The van der Waals surface area contributed by atoms with Gasteiger partial charge in [-0.1, -0.05) is 48.5 Å². The molecule has 0 radical (unpaired) electrons. The molecule has 0 heterocycles. The minimum atomic E-state index is -0.387. The molecule has 2 amide bonds. The molecule has 0 aromatic heterocycles. The largest absolute Gasteiger partial charge is 0.350 e. The number of rotatable bonds is 7. The highest BCUT2D eigenvalue weighted by Gasteiger charge is 2.22. The molecular weight excluding hydrogens is 380 g/mol. The van der Waals surface area contributed by atoms with Crippen molar-refractivity contribution in [1.82, 2.24) is 5.32 Å². The molecule has 2 N–H and O–H groups in total. The van der Waals surface area contributed by atoms with E-state index in [1.807, 2.05) is 74.5 Å². The van der Waals surface area contributed by atoms with Crippen molar-refractivity contribution in [3.8, 4) is 0 Å². The topological polar surface area (TPSA) is 58.2 Å². The predicted molar refractivity (Wildman–Crippen MR) is 119 cm³/mol. The Morgan fingerprint density at radius 1 is 0.793 bits per heavy atom. The Morgan fingerprint density at radius 2 is 1.38 bits per heavy atom. The van der Waals surface area contributed by atoms with Gasteiger partial charge in [-0.05, 0) is 55.8 Å². The zero-order chi connectivity index (χ0) is 20.6. The lowest BCUT2D eigenvalue weighted by molar-refractivity contribution is -0.115. The Labute approximate surface area is 175 Å². The molecule has 1 unspecified atom stereocenters. The highest BCUT2D eigenvalue weighted by atomic mass is 32.2. The SMILES string of the molecule is CC(C)NC(=O)c1ccc(NC(=O)C(Sc2ccccc2)c2ccccc2)cc1. The zero-order valence-corrected chi connectivity index (χ0v) is 17.3. The first kappa shape index (κ1) is 20.7. The molecular formula is C24H24N2O2S. The van der Waals surface area contributed by atoms with Crippen LogP contribution >= 0.6 is 11.8 Å². The third-order valence-corrected chi connectivity index (χ3v) is 5.44. The van der Waals surface area contributed by atoms with E-state index in [0.29, 0.717) is 11.3 Å². The number of amides is 2. The molecule has 0 fully saturated rings. The van der Waals surface area contributed by atoms with Crippen molar-refractivity contribution in [3.05, 3.63) is 96.1 Å². The first-order chi connectivity index (χ1) is 14.0. The van der Waals surface area contributed by atoms with Gasteiger partial charge in [-0.15, -0.1) is 11.8 Å². The summed E-state index contributed by atoms with van der Waals surface area (Å²) in [5.74, 6) is -0.232. The first-order valence-corrected chi connectivity index (χ1v) is 10.4. The van der Waals surface area contributed by atoms with Crippen molar-refractivity contribution < 1.29 is 9.59 Å². The number of hydrogen-bond donors (Lipinski definition) is 2. The van der Waals surface area contributed by atoms with Gasteiger partial charge in [0.25, 0.3) is 5.91 Å². The van der Waals surface area contributed by atoms with E-state index >= 15 is 0 Å². The van der Waals surface area contributed by atoms with E-state index in [0.717, 1.165) is 10.5 Å². The van der Waals surface area contributed by atoms with Crippen LogP contribution < -0.4 is 10.6 Å². The van der Waals surface area contributed by atoms with Gasteiger partial charge in [-0.25, -0.2) is 0 Å². The second-order valence-electron chi connectivity index (χ2n) is 6.92. The van der Waals surface area contributed by atoms with Crippen LogP contribution in [0.3, 0.4) is 0 Å². The third kappa shape index (κ3) is 5.96. The molecule has 0 aliphatic carbocycles. The Morgan fingerprint density at radius 3 is 1.97 bits per heavy atom. The van der Waals surface area contributed by atoms with Crippen molar-refractivity contribution >= 4 is 29.3 Å². The summed E-state index contributed by atoms with van der Waals surface area (Å²) in [5, 5.41) is 5.45. The summed E-state index contributed by atoms with van der Waals surface area (Å²) in [4.78, 5) is 26.2. The maximum absolute atomic E-state index is 13.1. The average Bonchev–Trinajstić information content (AvgIpc) is 2.73. The number of hydrogen-bond acceptors (Lipinski definition) is 3. The van der Waals surface area contributed by atoms with Crippen LogP contribution in [0, 0.1) is 0 Å². The van der Waals surface area contributed by atoms with Gasteiger partial charge >= 0.3 is 0 Å². The first-order valence-electron chi connectivity index (χ1n) is 9.51. The monoisotopic (exact) mass is 404 g/mol. The van der Waals surface area contributed by atoms with Crippen LogP contribution in [0.1, 0.15) is 35.0 Å². The molecule has 0 spiro atoms. The lowest BCUT2D eigenvalue weighted by Gasteiger charge is -2.17. The normalized spacial score (nSPS) is 11.7. The summed E-state index contributed by atoms with van der Waals surface area (Å²) in [5.41, 5.74) is 2.16. The predicted octanol–water partition coefficient (Wildman–Crippen LogP) is 5.30. The molecule has 0 aliphatic rings. The quantitative estimate of drug-likeness (QED) is 0.526. The van der Waals surface area contributed by atoms with E-state index in [9.17, 15) is 9.59 Å². The smallest absolute Gasteiger partial charge is 0.251 e. The molecule has 5 heteroatoms. The molecule has 3 aromatic rings. The number of thioether (sulfide) groups is 1. The second-order valence-corrected chi connectivity index (χ2v) is 8.09. The van der Waals surface area contributed by atoms with Gasteiger partial charge in [0, 0.05) is 22.2 Å². The van der Waals surface area contributed by atoms with Crippen LogP contribution in [-0.4, -0.2) is 17.9 Å². The molecule has 148 valence electrons. The Kier molecular flexibility index (Phi) is 7.09. The van der Waals surface area contributed by atoms with Crippen LogP contribution in [0.15, 0.2) is 89.8 Å². The van der Waals surface area contributed by atoms with Crippen LogP contribution in [0.2, 0.25) is 0 Å². The summed E-state index contributed by atoms with van der Waals surface area (Å²) in [7, 11) is 0. The summed E-state index contributed by atoms with van der Waals surface area (Å²) < 4.78 is 0. The van der Waals surface area contributed by atoms with Crippen LogP contribution in [0.4, 0.5) is 5.69 Å². The van der Waals surface area contributed by atoms with E-state index in [-0.39, 0.29) is 23.1 Å². The average molecular weight is 405 g/mol. The van der Waals surface area contributed by atoms with Gasteiger partial charge in [-0.2, -0.15) is 0 Å². The summed E-state index contributed by atoms with van der Waals surface area (Å²) in [6.07, 6.45) is 0.